The van der Waals surface area contributed by atoms with E-state index >= 15 is 0 Å². The molecule has 2 N–H and O–H groups in total. The third-order valence-electron chi connectivity index (χ3n) is 3.27. The highest BCUT2D eigenvalue weighted by Gasteiger charge is 2.22. The fourth-order valence-corrected chi connectivity index (χ4v) is 2.94. The van der Waals surface area contributed by atoms with E-state index in [-0.39, 0.29) is 0 Å². The van der Waals surface area contributed by atoms with Gasteiger partial charge in [0.15, 0.2) is 5.13 Å². The molecular weight excluding hydrogens is 242 g/mol. The molecule has 1 saturated carbocycles. The number of rotatable bonds is 3. The summed E-state index contributed by atoms with van der Waals surface area (Å²) in [4.78, 5) is 7.96. The van der Waals surface area contributed by atoms with Gasteiger partial charge in [-0.25, -0.2) is 4.98 Å². The van der Waals surface area contributed by atoms with E-state index in [1.54, 1.807) is 11.3 Å². The molecule has 0 radical (unpaired) electrons. The van der Waals surface area contributed by atoms with Gasteiger partial charge >= 0.3 is 0 Å². The second kappa shape index (κ2) is 3.85. The van der Waals surface area contributed by atoms with Crippen LogP contribution in [-0.2, 0) is 0 Å². The van der Waals surface area contributed by atoms with E-state index in [0.29, 0.717) is 6.04 Å². The molecule has 4 rings (SSSR count). The van der Waals surface area contributed by atoms with Crippen LogP contribution < -0.4 is 5.32 Å². The lowest BCUT2D eigenvalue weighted by Crippen LogP contribution is -1.99. The summed E-state index contributed by atoms with van der Waals surface area (Å²) < 4.78 is 0. The quantitative estimate of drug-likeness (QED) is 0.746. The molecule has 3 nitrogen and oxygen atoms in total. The predicted octanol–water partition coefficient (Wildman–Crippen LogP) is 3.87. The van der Waals surface area contributed by atoms with Gasteiger partial charge in [0.25, 0.3) is 0 Å². The van der Waals surface area contributed by atoms with Crippen molar-refractivity contribution in [1.82, 2.24) is 9.97 Å². The third kappa shape index (κ3) is 1.69. The zero-order chi connectivity index (χ0) is 11.9. The highest BCUT2D eigenvalue weighted by Crippen LogP contribution is 2.32. The maximum absolute atomic E-state index is 4.67. The molecule has 0 atom stereocenters. The molecule has 0 bridgehead atoms. The highest BCUT2D eigenvalue weighted by molar-refractivity contribution is 7.14. The number of H-pyrrole nitrogens is 1. The number of benzene rings is 1. The number of para-hydroxylation sites is 1. The largest absolute Gasteiger partial charge is 0.360 e. The lowest BCUT2D eigenvalue weighted by atomic mass is 10.1. The van der Waals surface area contributed by atoms with Crippen LogP contribution in [-0.4, -0.2) is 16.0 Å². The summed E-state index contributed by atoms with van der Waals surface area (Å²) in [5.41, 5.74) is 3.41. The molecule has 90 valence electrons. The number of nitrogens with zero attached hydrogens (tertiary/aromatic N) is 1. The van der Waals surface area contributed by atoms with Crippen molar-refractivity contribution in [2.75, 3.05) is 5.32 Å². The van der Waals surface area contributed by atoms with Crippen LogP contribution in [0.25, 0.3) is 22.2 Å². The van der Waals surface area contributed by atoms with Crippen LogP contribution in [0.3, 0.4) is 0 Å². The van der Waals surface area contributed by atoms with E-state index in [1.165, 1.54) is 23.8 Å². The molecule has 3 aromatic rings. The summed E-state index contributed by atoms with van der Waals surface area (Å²) in [6.45, 7) is 0. The fourth-order valence-electron chi connectivity index (χ4n) is 2.15. The molecule has 18 heavy (non-hydrogen) atoms. The molecule has 0 spiro atoms. The second-order valence-electron chi connectivity index (χ2n) is 4.70. The number of thiazole rings is 1. The number of hydrogen-bond acceptors (Lipinski definition) is 3. The summed E-state index contributed by atoms with van der Waals surface area (Å²) in [5.74, 6) is 0. The Balaban J connectivity index is 1.74. The molecule has 2 aromatic heterocycles. The first-order chi connectivity index (χ1) is 8.90. The number of hydrogen-bond donors (Lipinski definition) is 2. The monoisotopic (exact) mass is 255 g/mol. The molecule has 1 fully saturated rings. The topological polar surface area (TPSA) is 40.7 Å². The van der Waals surface area contributed by atoms with Crippen molar-refractivity contribution in [3.05, 3.63) is 35.8 Å². The van der Waals surface area contributed by atoms with Crippen LogP contribution in [0.15, 0.2) is 35.8 Å². The highest BCUT2D eigenvalue weighted by atomic mass is 32.1. The Hall–Kier alpha value is -1.81. The average molecular weight is 255 g/mol. The van der Waals surface area contributed by atoms with Gasteiger partial charge in [0.2, 0.25) is 0 Å². The lowest BCUT2D eigenvalue weighted by Gasteiger charge is -1.97. The predicted molar refractivity (Wildman–Crippen MR) is 76.1 cm³/mol. The minimum absolute atomic E-state index is 0.659. The van der Waals surface area contributed by atoms with Gasteiger partial charge in [0.05, 0.1) is 5.69 Å². The SMILES string of the molecule is c1ccc2c(-c3csc(NC4CC4)n3)c[nH]c2c1. The Morgan fingerprint density at radius 3 is 3.06 bits per heavy atom. The molecule has 1 aromatic carbocycles. The zero-order valence-corrected chi connectivity index (χ0v) is 10.6. The maximum Gasteiger partial charge on any atom is 0.183 e. The molecule has 0 amide bonds. The average Bonchev–Trinajstić information content (AvgIpc) is 2.91. The standard InChI is InChI=1S/C14H13N3S/c1-2-4-12-10(3-1)11(7-15-12)13-8-18-14(17-13)16-9-5-6-9/h1-4,7-9,15H,5-6H2,(H,16,17). The van der Waals surface area contributed by atoms with Gasteiger partial charge in [-0.3, -0.25) is 0 Å². The van der Waals surface area contributed by atoms with Crippen molar-refractivity contribution < 1.29 is 0 Å². The van der Waals surface area contributed by atoms with Crippen molar-refractivity contribution in [3.63, 3.8) is 0 Å². The van der Waals surface area contributed by atoms with E-state index in [0.717, 1.165) is 16.3 Å². The Bertz CT molecular complexity index is 694. The van der Waals surface area contributed by atoms with Crippen molar-refractivity contribution in [2.24, 2.45) is 0 Å². The molecule has 1 aliphatic rings. The van der Waals surface area contributed by atoms with E-state index in [9.17, 15) is 0 Å². The summed E-state index contributed by atoms with van der Waals surface area (Å²) >= 11 is 1.69. The number of anilines is 1. The first-order valence-electron chi connectivity index (χ1n) is 6.19. The van der Waals surface area contributed by atoms with Gasteiger partial charge in [0, 0.05) is 34.1 Å². The maximum atomic E-state index is 4.67. The van der Waals surface area contributed by atoms with E-state index in [4.69, 9.17) is 0 Å². The van der Waals surface area contributed by atoms with E-state index in [1.807, 2.05) is 12.3 Å². The Morgan fingerprint density at radius 1 is 1.28 bits per heavy atom. The number of nitrogens with one attached hydrogen (secondary N) is 2. The van der Waals surface area contributed by atoms with Gasteiger partial charge in [-0.05, 0) is 18.9 Å². The molecule has 2 heterocycles. The first kappa shape index (κ1) is 10.1. The molecule has 1 aliphatic carbocycles. The van der Waals surface area contributed by atoms with Crippen LogP contribution in [0.5, 0.6) is 0 Å². The summed E-state index contributed by atoms with van der Waals surface area (Å²) in [6, 6.07) is 8.99. The summed E-state index contributed by atoms with van der Waals surface area (Å²) in [6.07, 6.45) is 4.60. The zero-order valence-electron chi connectivity index (χ0n) is 9.81. The lowest BCUT2D eigenvalue weighted by molar-refractivity contribution is 1.14. The van der Waals surface area contributed by atoms with Gasteiger partial charge in [-0.15, -0.1) is 11.3 Å². The van der Waals surface area contributed by atoms with Crippen LogP contribution in [0.4, 0.5) is 5.13 Å². The Kier molecular flexibility index (Phi) is 2.17. The molecule has 0 aliphatic heterocycles. The first-order valence-corrected chi connectivity index (χ1v) is 7.07. The van der Waals surface area contributed by atoms with Gasteiger partial charge in [-0.1, -0.05) is 18.2 Å². The smallest absolute Gasteiger partial charge is 0.183 e. The van der Waals surface area contributed by atoms with Gasteiger partial charge in [0.1, 0.15) is 0 Å². The van der Waals surface area contributed by atoms with Gasteiger partial charge in [-0.2, -0.15) is 0 Å². The molecule has 0 saturated heterocycles. The second-order valence-corrected chi connectivity index (χ2v) is 5.56. The van der Waals surface area contributed by atoms with Crippen molar-refractivity contribution in [1.29, 1.82) is 0 Å². The number of fused-ring (bicyclic) bond motifs is 1. The normalized spacial score (nSPS) is 15.1. The van der Waals surface area contributed by atoms with Crippen molar-refractivity contribution in [2.45, 2.75) is 18.9 Å². The molecule has 0 unspecified atom stereocenters. The van der Waals surface area contributed by atoms with Crippen molar-refractivity contribution >= 4 is 27.4 Å². The number of aromatic amines is 1. The van der Waals surface area contributed by atoms with Gasteiger partial charge < -0.3 is 10.3 Å². The van der Waals surface area contributed by atoms with Crippen LogP contribution >= 0.6 is 11.3 Å². The minimum atomic E-state index is 0.659. The van der Waals surface area contributed by atoms with E-state index < -0.39 is 0 Å². The third-order valence-corrected chi connectivity index (χ3v) is 4.05. The molecule has 4 heteroatoms. The van der Waals surface area contributed by atoms with Crippen molar-refractivity contribution in [3.8, 4) is 11.3 Å². The minimum Gasteiger partial charge on any atom is -0.360 e. The van der Waals surface area contributed by atoms with Crippen LogP contribution in [0.1, 0.15) is 12.8 Å². The summed E-state index contributed by atoms with van der Waals surface area (Å²) in [5, 5.41) is 7.85. The number of aromatic nitrogens is 2. The Labute approximate surface area is 109 Å². The van der Waals surface area contributed by atoms with E-state index in [2.05, 4.69) is 38.9 Å². The van der Waals surface area contributed by atoms with Crippen LogP contribution in [0.2, 0.25) is 0 Å². The van der Waals surface area contributed by atoms with Crippen LogP contribution in [0, 0.1) is 0 Å². The summed E-state index contributed by atoms with van der Waals surface area (Å²) in [7, 11) is 0. The molecular formula is C14H13N3S. The Morgan fingerprint density at radius 2 is 2.17 bits per heavy atom. The fraction of sp³-hybridized carbons (Fsp3) is 0.214.